The Labute approximate surface area is 118 Å². The van der Waals surface area contributed by atoms with E-state index in [-0.39, 0.29) is 6.42 Å². The summed E-state index contributed by atoms with van der Waals surface area (Å²) >= 11 is 0. The average molecular weight is 301 g/mol. The molecule has 20 heavy (non-hydrogen) atoms. The van der Waals surface area contributed by atoms with Crippen molar-refractivity contribution in [3.63, 3.8) is 0 Å². The summed E-state index contributed by atoms with van der Waals surface area (Å²) in [6.07, 6.45) is 1.54. The van der Waals surface area contributed by atoms with Crippen LogP contribution in [0.15, 0.2) is 24.3 Å². The monoisotopic (exact) mass is 301 g/mol. The SMILES string of the molecule is COc1ccc(CCC(C)(NS(C)(=O)=O)C(=O)O)cc1. The van der Waals surface area contributed by atoms with Gasteiger partial charge in [0.1, 0.15) is 11.3 Å². The zero-order valence-corrected chi connectivity index (χ0v) is 12.5. The number of carboxylic acids is 1. The molecule has 0 amide bonds. The van der Waals surface area contributed by atoms with Crippen molar-refractivity contribution in [2.75, 3.05) is 13.4 Å². The smallest absolute Gasteiger partial charge is 0.324 e. The van der Waals surface area contributed by atoms with Gasteiger partial charge in [-0.3, -0.25) is 4.79 Å². The summed E-state index contributed by atoms with van der Waals surface area (Å²) in [4.78, 5) is 11.3. The van der Waals surface area contributed by atoms with Crippen LogP contribution in [0.3, 0.4) is 0 Å². The van der Waals surface area contributed by atoms with Crippen LogP contribution in [-0.4, -0.2) is 38.4 Å². The molecule has 0 fully saturated rings. The molecule has 6 nitrogen and oxygen atoms in total. The van der Waals surface area contributed by atoms with Gasteiger partial charge >= 0.3 is 5.97 Å². The number of carboxylic acid groups (broad SMARTS) is 1. The van der Waals surface area contributed by atoms with Crippen LogP contribution in [0.2, 0.25) is 0 Å². The van der Waals surface area contributed by atoms with E-state index >= 15 is 0 Å². The second kappa shape index (κ2) is 6.23. The first-order valence-corrected chi connectivity index (χ1v) is 7.91. The van der Waals surface area contributed by atoms with Gasteiger partial charge < -0.3 is 9.84 Å². The average Bonchev–Trinajstić information content (AvgIpc) is 2.35. The normalized spacial score (nSPS) is 14.6. The van der Waals surface area contributed by atoms with E-state index in [2.05, 4.69) is 4.72 Å². The number of methoxy groups -OCH3 is 1. The predicted octanol–water partition coefficient (Wildman–Crippen LogP) is 1.02. The standard InChI is InChI=1S/C13H19NO5S/c1-13(12(15)16,14-20(3,17)18)9-8-10-4-6-11(19-2)7-5-10/h4-7,14H,8-9H2,1-3H3,(H,15,16). The fourth-order valence-corrected chi connectivity index (χ4v) is 2.81. The number of sulfonamides is 1. The topological polar surface area (TPSA) is 92.7 Å². The van der Waals surface area contributed by atoms with E-state index in [9.17, 15) is 18.3 Å². The van der Waals surface area contributed by atoms with E-state index in [1.165, 1.54) is 6.92 Å². The van der Waals surface area contributed by atoms with E-state index in [0.29, 0.717) is 12.2 Å². The number of hydrogen-bond acceptors (Lipinski definition) is 4. The maximum atomic E-state index is 11.3. The van der Waals surface area contributed by atoms with Crippen molar-refractivity contribution in [2.45, 2.75) is 25.3 Å². The fraction of sp³-hybridized carbons (Fsp3) is 0.462. The van der Waals surface area contributed by atoms with Crippen molar-refractivity contribution in [3.8, 4) is 5.75 Å². The summed E-state index contributed by atoms with van der Waals surface area (Å²) in [5.41, 5.74) is -0.610. The third-order valence-electron chi connectivity index (χ3n) is 2.96. The molecule has 2 N–H and O–H groups in total. The zero-order valence-electron chi connectivity index (χ0n) is 11.7. The minimum Gasteiger partial charge on any atom is -0.497 e. The van der Waals surface area contributed by atoms with Gasteiger partial charge in [0.2, 0.25) is 10.0 Å². The molecule has 0 aliphatic carbocycles. The molecule has 1 rings (SSSR count). The summed E-state index contributed by atoms with van der Waals surface area (Å²) in [5, 5.41) is 9.21. The van der Waals surface area contributed by atoms with Gasteiger partial charge in [-0.15, -0.1) is 0 Å². The Morgan fingerprint density at radius 1 is 1.35 bits per heavy atom. The first-order valence-electron chi connectivity index (χ1n) is 6.01. The van der Waals surface area contributed by atoms with Crippen LogP contribution >= 0.6 is 0 Å². The number of carbonyl (C=O) groups is 1. The van der Waals surface area contributed by atoms with Crippen molar-refractivity contribution in [1.29, 1.82) is 0 Å². The molecule has 1 atom stereocenters. The second-order valence-electron chi connectivity index (χ2n) is 4.86. The molecule has 112 valence electrons. The Hall–Kier alpha value is -1.60. The lowest BCUT2D eigenvalue weighted by Crippen LogP contribution is -2.52. The molecule has 1 unspecified atom stereocenters. The highest BCUT2D eigenvalue weighted by molar-refractivity contribution is 7.88. The number of hydrogen-bond donors (Lipinski definition) is 2. The van der Waals surface area contributed by atoms with Crippen molar-refractivity contribution >= 4 is 16.0 Å². The summed E-state index contributed by atoms with van der Waals surface area (Å²) < 4.78 is 29.7. The van der Waals surface area contributed by atoms with E-state index in [1.54, 1.807) is 19.2 Å². The third-order valence-corrected chi connectivity index (χ3v) is 3.78. The number of nitrogens with one attached hydrogen (secondary N) is 1. The largest absolute Gasteiger partial charge is 0.497 e. The van der Waals surface area contributed by atoms with Crippen molar-refractivity contribution in [1.82, 2.24) is 4.72 Å². The van der Waals surface area contributed by atoms with Crippen LogP contribution in [0.25, 0.3) is 0 Å². The van der Waals surface area contributed by atoms with Crippen LogP contribution in [0, 0.1) is 0 Å². The van der Waals surface area contributed by atoms with Gasteiger partial charge in [-0.25, -0.2) is 8.42 Å². The maximum absolute atomic E-state index is 11.3. The Morgan fingerprint density at radius 2 is 1.90 bits per heavy atom. The van der Waals surface area contributed by atoms with Crippen LogP contribution < -0.4 is 9.46 Å². The molecule has 0 aliphatic heterocycles. The van der Waals surface area contributed by atoms with Crippen molar-refractivity contribution in [3.05, 3.63) is 29.8 Å². The molecule has 1 aromatic carbocycles. The minimum atomic E-state index is -3.59. The molecule has 0 aliphatic rings. The highest BCUT2D eigenvalue weighted by atomic mass is 32.2. The van der Waals surface area contributed by atoms with Crippen LogP contribution in [0.5, 0.6) is 5.75 Å². The minimum absolute atomic E-state index is 0.154. The second-order valence-corrected chi connectivity index (χ2v) is 6.61. The molecule has 0 bridgehead atoms. The van der Waals surface area contributed by atoms with E-state index in [4.69, 9.17) is 4.74 Å². The van der Waals surface area contributed by atoms with Gasteiger partial charge in [0.25, 0.3) is 0 Å². The number of aryl methyl sites for hydroxylation is 1. The third kappa shape index (κ3) is 4.82. The predicted molar refractivity (Wildman–Crippen MR) is 75.3 cm³/mol. The number of aliphatic carboxylic acids is 1. The summed E-state index contributed by atoms with van der Waals surface area (Å²) in [5.74, 6) is -0.486. The van der Waals surface area contributed by atoms with Crippen LogP contribution in [-0.2, 0) is 21.2 Å². The lowest BCUT2D eigenvalue weighted by Gasteiger charge is -2.25. The van der Waals surface area contributed by atoms with E-state index in [0.717, 1.165) is 11.8 Å². The lowest BCUT2D eigenvalue weighted by atomic mass is 9.94. The Balaban J connectivity index is 2.78. The van der Waals surface area contributed by atoms with Crippen molar-refractivity contribution < 1.29 is 23.1 Å². The molecule has 0 saturated carbocycles. The Bertz CT molecular complexity index is 567. The van der Waals surface area contributed by atoms with Gasteiger partial charge in [0.05, 0.1) is 13.4 Å². The summed E-state index contributed by atoms with van der Waals surface area (Å²) in [6, 6.07) is 7.19. The Morgan fingerprint density at radius 3 is 2.30 bits per heavy atom. The fourth-order valence-electron chi connectivity index (χ4n) is 1.80. The van der Waals surface area contributed by atoms with E-state index in [1.807, 2.05) is 12.1 Å². The molecule has 7 heteroatoms. The molecule has 0 aromatic heterocycles. The molecule has 0 heterocycles. The highest BCUT2D eigenvalue weighted by Gasteiger charge is 2.35. The molecule has 0 saturated heterocycles. The van der Waals surface area contributed by atoms with E-state index < -0.39 is 21.5 Å². The molecule has 1 aromatic rings. The quantitative estimate of drug-likeness (QED) is 0.784. The maximum Gasteiger partial charge on any atom is 0.324 e. The number of benzene rings is 1. The van der Waals surface area contributed by atoms with Crippen LogP contribution in [0.4, 0.5) is 0 Å². The molecular formula is C13H19NO5S. The van der Waals surface area contributed by atoms with Crippen LogP contribution in [0.1, 0.15) is 18.9 Å². The van der Waals surface area contributed by atoms with Crippen molar-refractivity contribution in [2.24, 2.45) is 0 Å². The van der Waals surface area contributed by atoms with Gasteiger partial charge in [0, 0.05) is 0 Å². The summed E-state index contributed by atoms with van der Waals surface area (Å²) in [6.45, 7) is 1.36. The van der Waals surface area contributed by atoms with Gasteiger partial charge in [-0.2, -0.15) is 4.72 Å². The molecule has 0 spiro atoms. The van der Waals surface area contributed by atoms with Gasteiger partial charge in [0.15, 0.2) is 0 Å². The number of rotatable bonds is 7. The first-order chi connectivity index (χ1) is 9.16. The summed E-state index contributed by atoms with van der Waals surface area (Å²) in [7, 11) is -2.03. The molecular weight excluding hydrogens is 282 g/mol. The zero-order chi connectivity index (χ0) is 15.4. The number of ether oxygens (including phenoxy) is 1. The highest BCUT2D eigenvalue weighted by Crippen LogP contribution is 2.18. The lowest BCUT2D eigenvalue weighted by molar-refractivity contribution is -0.143. The first kappa shape index (κ1) is 16.5. The Kier molecular flexibility index (Phi) is 5.13. The van der Waals surface area contributed by atoms with Gasteiger partial charge in [-0.05, 0) is 37.5 Å². The molecule has 0 radical (unpaired) electrons. The van der Waals surface area contributed by atoms with Gasteiger partial charge in [-0.1, -0.05) is 12.1 Å².